The summed E-state index contributed by atoms with van der Waals surface area (Å²) in [6.07, 6.45) is 1.72. The van der Waals surface area contributed by atoms with Gasteiger partial charge in [-0.3, -0.25) is 0 Å². The van der Waals surface area contributed by atoms with Crippen molar-refractivity contribution < 1.29 is 22.7 Å². The number of aliphatic carboxylic acids is 1. The molecule has 0 radical (unpaired) electrons. The molecule has 0 fully saturated rings. The number of hydrogen-bond acceptors (Lipinski definition) is 3. The van der Waals surface area contributed by atoms with Gasteiger partial charge in [0.2, 0.25) is 10.0 Å². The van der Waals surface area contributed by atoms with Crippen LogP contribution in [0.5, 0.6) is 0 Å². The number of carbonyl (C=O) groups is 1. The molecule has 7 heteroatoms. The molecule has 3 aromatic carbocycles. The maximum absolute atomic E-state index is 14.0. The second kappa shape index (κ2) is 8.92. The molecule has 0 amide bonds. The van der Waals surface area contributed by atoms with Gasteiger partial charge in [-0.25, -0.2) is 17.6 Å². The highest BCUT2D eigenvalue weighted by atomic mass is 32.2. The smallest absolute Gasteiger partial charge is 0.333 e. The fourth-order valence-corrected chi connectivity index (χ4v) is 5.94. The zero-order valence-electron chi connectivity index (χ0n) is 18.3. The standard InChI is InChI=1S/C26H24FNO4S/c1-17-3-7-20(8-4-17)25-23(26(29)30)15-16-24(19-9-11-21(27)12-10-19)28(25)33(31,32)22-13-5-18(2)6-14-22/h3-15,24-25H,16H2,1-2H3,(H,29,30)/t24-,25-/m0/s1. The molecule has 5 nitrogen and oxygen atoms in total. The summed E-state index contributed by atoms with van der Waals surface area (Å²) < 4.78 is 42.9. The molecule has 3 aromatic rings. The first-order valence-corrected chi connectivity index (χ1v) is 12.0. The molecule has 33 heavy (non-hydrogen) atoms. The number of benzene rings is 3. The van der Waals surface area contributed by atoms with Gasteiger partial charge in [-0.15, -0.1) is 0 Å². The molecular weight excluding hydrogens is 441 g/mol. The third kappa shape index (κ3) is 4.47. The lowest BCUT2D eigenvalue weighted by Gasteiger charge is -2.40. The summed E-state index contributed by atoms with van der Waals surface area (Å²) in [5.74, 6) is -1.61. The van der Waals surface area contributed by atoms with Gasteiger partial charge in [-0.2, -0.15) is 4.31 Å². The molecule has 0 bridgehead atoms. The number of carboxylic acid groups (broad SMARTS) is 1. The lowest BCUT2D eigenvalue weighted by atomic mass is 9.89. The predicted molar refractivity (Wildman–Crippen MR) is 124 cm³/mol. The van der Waals surface area contributed by atoms with Crippen LogP contribution in [0, 0.1) is 19.7 Å². The summed E-state index contributed by atoms with van der Waals surface area (Å²) in [6, 6.07) is 17.5. The number of aryl methyl sites for hydroxylation is 2. The van der Waals surface area contributed by atoms with E-state index in [1.54, 1.807) is 42.5 Å². The Labute approximate surface area is 192 Å². The zero-order chi connectivity index (χ0) is 23.8. The Balaban J connectivity index is 1.96. The van der Waals surface area contributed by atoms with Crippen molar-refractivity contribution in [1.82, 2.24) is 4.31 Å². The van der Waals surface area contributed by atoms with Gasteiger partial charge < -0.3 is 5.11 Å². The van der Waals surface area contributed by atoms with Crippen molar-refractivity contribution in [1.29, 1.82) is 0 Å². The Kier molecular flexibility index (Phi) is 6.19. The van der Waals surface area contributed by atoms with Crippen LogP contribution in [0.25, 0.3) is 0 Å². The quantitative estimate of drug-likeness (QED) is 0.553. The Morgan fingerprint density at radius 2 is 1.39 bits per heavy atom. The first kappa shape index (κ1) is 22.9. The van der Waals surface area contributed by atoms with E-state index in [-0.39, 0.29) is 16.9 Å². The van der Waals surface area contributed by atoms with Crippen LogP contribution in [0.2, 0.25) is 0 Å². The average molecular weight is 466 g/mol. The normalized spacial score (nSPS) is 19.2. The first-order chi connectivity index (χ1) is 15.7. The molecule has 0 saturated heterocycles. The van der Waals surface area contributed by atoms with Crippen LogP contribution in [0.3, 0.4) is 0 Å². The van der Waals surface area contributed by atoms with Gasteiger partial charge in [0.25, 0.3) is 0 Å². The van der Waals surface area contributed by atoms with E-state index >= 15 is 0 Å². The molecule has 170 valence electrons. The van der Waals surface area contributed by atoms with Gasteiger partial charge in [0, 0.05) is 0 Å². The number of nitrogens with zero attached hydrogens (tertiary/aromatic N) is 1. The van der Waals surface area contributed by atoms with Crippen molar-refractivity contribution in [3.05, 3.63) is 113 Å². The summed E-state index contributed by atoms with van der Waals surface area (Å²) in [6.45, 7) is 3.76. The highest BCUT2D eigenvalue weighted by Crippen LogP contribution is 2.45. The van der Waals surface area contributed by atoms with Crippen LogP contribution in [-0.2, 0) is 14.8 Å². The topological polar surface area (TPSA) is 74.7 Å². The van der Waals surface area contributed by atoms with E-state index in [9.17, 15) is 22.7 Å². The number of carboxylic acids is 1. The summed E-state index contributed by atoms with van der Waals surface area (Å²) >= 11 is 0. The minimum Gasteiger partial charge on any atom is -0.478 e. The first-order valence-electron chi connectivity index (χ1n) is 10.5. The third-order valence-electron chi connectivity index (χ3n) is 5.91. The van der Waals surface area contributed by atoms with E-state index in [4.69, 9.17) is 0 Å². The van der Waals surface area contributed by atoms with Crippen LogP contribution < -0.4 is 0 Å². The van der Waals surface area contributed by atoms with E-state index in [0.717, 1.165) is 11.1 Å². The van der Waals surface area contributed by atoms with E-state index in [1.165, 1.54) is 28.6 Å². The SMILES string of the molecule is Cc1ccc([C@H]2C(C(=O)O)=CC[C@@H](c3ccc(F)cc3)N2S(=O)(=O)c2ccc(C)cc2)cc1. The predicted octanol–water partition coefficient (Wildman–Crippen LogP) is 5.33. The molecule has 4 rings (SSSR count). The number of rotatable bonds is 5. The Morgan fingerprint density at radius 1 is 0.879 bits per heavy atom. The largest absolute Gasteiger partial charge is 0.478 e. The molecule has 0 saturated carbocycles. The minimum atomic E-state index is -4.12. The molecule has 1 aliphatic rings. The van der Waals surface area contributed by atoms with Crippen molar-refractivity contribution >= 4 is 16.0 Å². The lowest BCUT2D eigenvalue weighted by Crippen LogP contribution is -2.42. The maximum atomic E-state index is 14.0. The Morgan fingerprint density at radius 3 is 1.94 bits per heavy atom. The molecule has 0 aromatic heterocycles. The highest BCUT2D eigenvalue weighted by Gasteiger charge is 2.44. The van der Waals surface area contributed by atoms with E-state index in [0.29, 0.717) is 11.1 Å². The van der Waals surface area contributed by atoms with E-state index in [2.05, 4.69) is 0 Å². The van der Waals surface area contributed by atoms with Gasteiger partial charge in [0.1, 0.15) is 5.82 Å². The van der Waals surface area contributed by atoms with Crippen molar-refractivity contribution in [3.63, 3.8) is 0 Å². The number of halogens is 1. The summed E-state index contributed by atoms with van der Waals surface area (Å²) in [4.78, 5) is 12.3. The summed E-state index contributed by atoms with van der Waals surface area (Å²) in [5.41, 5.74) is 3.01. The highest BCUT2D eigenvalue weighted by molar-refractivity contribution is 7.89. The van der Waals surface area contributed by atoms with Gasteiger partial charge in [-0.1, -0.05) is 65.7 Å². The lowest BCUT2D eigenvalue weighted by molar-refractivity contribution is -0.133. The van der Waals surface area contributed by atoms with E-state index in [1.807, 2.05) is 26.0 Å². The second-order valence-corrected chi connectivity index (χ2v) is 10.1. The Hall–Kier alpha value is -3.29. The van der Waals surface area contributed by atoms with Crippen molar-refractivity contribution in [2.45, 2.75) is 37.2 Å². The van der Waals surface area contributed by atoms with Crippen LogP contribution in [-0.4, -0.2) is 23.8 Å². The summed E-state index contributed by atoms with van der Waals surface area (Å²) in [7, 11) is -4.12. The van der Waals surface area contributed by atoms with Crippen molar-refractivity contribution in [3.8, 4) is 0 Å². The molecule has 1 heterocycles. The molecule has 1 N–H and O–H groups in total. The fraction of sp³-hybridized carbons (Fsp3) is 0.192. The molecule has 0 spiro atoms. The molecule has 1 aliphatic heterocycles. The molecule has 0 unspecified atom stereocenters. The minimum absolute atomic E-state index is 0.00657. The average Bonchev–Trinajstić information content (AvgIpc) is 2.79. The van der Waals surface area contributed by atoms with Crippen molar-refractivity contribution in [2.24, 2.45) is 0 Å². The zero-order valence-corrected chi connectivity index (χ0v) is 19.1. The van der Waals surface area contributed by atoms with Crippen molar-refractivity contribution in [2.75, 3.05) is 0 Å². The number of sulfonamides is 1. The van der Waals surface area contributed by atoms with E-state index < -0.39 is 33.9 Å². The van der Waals surface area contributed by atoms with Crippen LogP contribution in [0.15, 0.2) is 89.3 Å². The Bertz CT molecular complexity index is 1300. The van der Waals surface area contributed by atoms with Gasteiger partial charge in [-0.05, 0) is 55.7 Å². The van der Waals surface area contributed by atoms with Crippen LogP contribution >= 0.6 is 0 Å². The molecular formula is C26H24FNO4S. The molecule has 2 atom stereocenters. The van der Waals surface area contributed by atoms with Gasteiger partial charge in [0.15, 0.2) is 0 Å². The number of hydrogen-bond donors (Lipinski definition) is 1. The summed E-state index contributed by atoms with van der Waals surface area (Å²) in [5, 5.41) is 9.97. The van der Waals surface area contributed by atoms with Gasteiger partial charge >= 0.3 is 5.97 Å². The maximum Gasteiger partial charge on any atom is 0.333 e. The third-order valence-corrected chi connectivity index (χ3v) is 7.80. The second-order valence-electron chi connectivity index (χ2n) is 8.23. The molecule has 0 aliphatic carbocycles. The monoisotopic (exact) mass is 465 g/mol. The van der Waals surface area contributed by atoms with Gasteiger partial charge in [0.05, 0.1) is 22.6 Å². The fourth-order valence-electron chi connectivity index (χ4n) is 4.16. The van der Waals surface area contributed by atoms with Crippen LogP contribution in [0.1, 0.15) is 40.8 Å². The van der Waals surface area contributed by atoms with Crippen LogP contribution in [0.4, 0.5) is 4.39 Å².